The van der Waals surface area contributed by atoms with Crippen LogP contribution < -0.4 is 4.31 Å². The predicted molar refractivity (Wildman–Crippen MR) is 121 cm³/mol. The molecule has 0 unspecified atom stereocenters. The van der Waals surface area contributed by atoms with Gasteiger partial charge >= 0.3 is 0 Å². The molecule has 0 bridgehead atoms. The van der Waals surface area contributed by atoms with Gasteiger partial charge in [0, 0.05) is 20.1 Å². The molecule has 5 nitrogen and oxygen atoms in total. The quantitative estimate of drug-likeness (QED) is 0.538. The summed E-state index contributed by atoms with van der Waals surface area (Å²) in [6.45, 7) is 0.800. The molecule has 0 aliphatic heterocycles. The average molecular weight is 443 g/mol. The molecule has 1 amide bonds. The molecular formula is C23H23ClN2O3S. The van der Waals surface area contributed by atoms with E-state index in [2.05, 4.69) is 0 Å². The van der Waals surface area contributed by atoms with Crippen molar-refractivity contribution < 1.29 is 13.2 Å². The molecule has 0 N–H and O–H groups in total. The Morgan fingerprint density at radius 3 is 1.83 bits per heavy atom. The van der Waals surface area contributed by atoms with Gasteiger partial charge in [0.15, 0.2) is 0 Å². The lowest BCUT2D eigenvalue weighted by Gasteiger charge is -2.25. The fourth-order valence-electron chi connectivity index (χ4n) is 3.04. The van der Waals surface area contributed by atoms with Crippen molar-refractivity contribution in [1.29, 1.82) is 0 Å². The minimum absolute atomic E-state index is 0.261. The molecule has 0 aliphatic carbocycles. The van der Waals surface area contributed by atoms with Crippen molar-refractivity contribution in [2.24, 2.45) is 0 Å². The number of hydrogen-bond donors (Lipinski definition) is 0. The lowest BCUT2D eigenvalue weighted by atomic mass is 10.1. The van der Waals surface area contributed by atoms with Crippen LogP contribution in [0.15, 0.2) is 78.9 Å². The van der Waals surface area contributed by atoms with Gasteiger partial charge in [-0.05, 0) is 29.3 Å². The third kappa shape index (κ3) is 5.40. The molecule has 0 saturated carbocycles. The molecule has 0 fully saturated rings. The predicted octanol–water partition coefficient (Wildman–Crippen LogP) is 4.58. The summed E-state index contributed by atoms with van der Waals surface area (Å²) in [5.74, 6) is -0.267. The Kier molecular flexibility index (Phi) is 6.80. The zero-order valence-corrected chi connectivity index (χ0v) is 18.4. The summed E-state index contributed by atoms with van der Waals surface area (Å²) in [5.41, 5.74) is 2.62. The first-order valence-electron chi connectivity index (χ1n) is 9.36. The zero-order chi connectivity index (χ0) is 21.7. The molecular weight excluding hydrogens is 420 g/mol. The number of sulfonamides is 1. The van der Waals surface area contributed by atoms with Crippen molar-refractivity contribution in [3.8, 4) is 0 Å². The molecule has 0 aliphatic rings. The monoisotopic (exact) mass is 442 g/mol. The van der Waals surface area contributed by atoms with Gasteiger partial charge < -0.3 is 4.90 Å². The van der Waals surface area contributed by atoms with Gasteiger partial charge in [0.2, 0.25) is 10.0 Å². The Morgan fingerprint density at radius 1 is 0.867 bits per heavy atom. The standard InChI is InChI=1S/C23H23ClN2O3S/c1-25(30(2,28)29)20-13-14-22(24)21(15-20)23(27)26(16-18-9-5-3-6-10-18)17-19-11-7-4-8-12-19/h3-15H,16-17H2,1-2H3. The Hall–Kier alpha value is -2.83. The van der Waals surface area contributed by atoms with Crippen LogP contribution in [0, 0.1) is 0 Å². The summed E-state index contributed by atoms with van der Waals surface area (Å²) in [6.07, 6.45) is 1.11. The number of anilines is 1. The molecule has 0 atom stereocenters. The van der Waals surface area contributed by atoms with Gasteiger partial charge in [-0.15, -0.1) is 0 Å². The lowest BCUT2D eigenvalue weighted by Crippen LogP contribution is -2.31. The van der Waals surface area contributed by atoms with E-state index in [4.69, 9.17) is 11.6 Å². The van der Waals surface area contributed by atoms with Crippen LogP contribution in [0.2, 0.25) is 5.02 Å². The molecule has 0 radical (unpaired) electrons. The largest absolute Gasteiger partial charge is 0.330 e. The Bertz CT molecular complexity index is 1080. The zero-order valence-electron chi connectivity index (χ0n) is 16.8. The Morgan fingerprint density at radius 2 is 1.37 bits per heavy atom. The third-order valence-corrected chi connectivity index (χ3v) is 6.30. The fourth-order valence-corrected chi connectivity index (χ4v) is 3.74. The maximum atomic E-state index is 13.5. The smallest absolute Gasteiger partial charge is 0.256 e. The van der Waals surface area contributed by atoms with E-state index in [-0.39, 0.29) is 16.5 Å². The molecule has 0 aromatic heterocycles. The van der Waals surface area contributed by atoms with E-state index < -0.39 is 10.0 Å². The van der Waals surface area contributed by atoms with Crippen LogP contribution in [-0.4, -0.2) is 32.5 Å². The second-order valence-corrected chi connectivity index (χ2v) is 9.45. The van der Waals surface area contributed by atoms with Crippen LogP contribution >= 0.6 is 11.6 Å². The summed E-state index contributed by atoms with van der Waals surface area (Å²) in [4.78, 5) is 15.2. The molecule has 3 rings (SSSR count). The number of rotatable bonds is 7. The van der Waals surface area contributed by atoms with E-state index in [1.807, 2.05) is 60.7 Å². The second kappa shape index (κ2) is 9.32. The van der Waals surface area contributed by atoms with Crippen LogP contribution in [0.4, 0.5) is 5.69 Å². The van der Waals surface area contributed by atoms with Crippen molar-refractivity contribution in [2.75, 3.05) is 17.6 Å². The van der Waals surface area contributed by atoms with E-state index in [1.54, 1.807) is 17.0 Å². The number of carbonyl (C=O) groups excluding carboxylic acids is 1. The minimum atomic E-state index is -3.46. The summed E-state index contributed by atoms with van der Waals surface area (Å²) in [5, 5.41) is 0.275. The van der Waals surface area contributed by atoms with Crippen LogP contribution in [0.1, 0.15) is 21.5 Å². The first-order valence-corrected chi connectivity index (χ1v) is 11.6. The molecule has 0 spiro atoms. The van der Waals surface area contributed by atoms with Crippen molar-refractivity contribution in [1.82, 2.24) is 4.90 Å². The highest BCUT2D eigenvalue weighted by atomic mass is 35.5. The summed E-state index contributed by atoms with van der Waals surface area (Å²) < 4.78 is 24.9. The Labute approximate surface area is 182 Å². The van der Waals surface area contributed by atoms with Crippen molar-refractivity contribution in [2.45, 2.75) is 13.1 Å². The summed E-state index contributed by atoms with van der Waals surface area (Å²) >= 11 is 6.34. The van der Waals surface area contributed by atoms with Crippen molar-refractivity contribution >= 4 is 33.2 Å². The SMILES string of the molecule is CN(c1ccc(Cl)c(C(=O)N(Cc2ccccc2)Cc2ccccc2)c1)S(C)(=O)=O. The number of benzene rings is 3. The van der Waals surface area contributed by atoms with Crippen LogP contribution in [-0.2, 0) is 23.1 Å². The topological polar surface area (TPSA) is 57.7 Å². The maximum Gasteiger partial charge on any atom is 0.256 e. The van der Waals surface area contributed by atoms with Gasteiger partial charge in [0.1, 0.15) is 0 Å². The maximum absolute atomic E-state index is 13.5. The fraction of sp³-hybridized carbons (Fsp3) is 0.174. The van der Waals surface area contributed by atoms with Gasteiger partial charge in [-0.3, -0.25) is 9.10 Å². The van der Waals surface area contributed by atoms with Gasteiger partial charge in [-0.25, -0.2) is 8.42 Å². The average Bonchev–Trinajstić information content (AvgIpc) is 2.73. The molecule has 156 valence electrons. The summed E-state index contributed by atoms with van der Waals surface area (Å²) in [7, 11) is -2.02. The van der Waals surface area contributed by atoms with E-state index >= 15 is 0 Å². The highest BCUT2D eigenvalue weighted by Gasteiger charge is 2.22. The van der Waals surface area contributed by atoms with Gasteiger partial charge in [0.05, 0.1) is 22.5 Å². The molecule has 3 aromatic rings. The van der Waals surface area contributed by atoms with Crippen LogP contribution in [0.5, 0.6) is 0 Å². The first kappa shape index (κ1) is 21.9. The first-order chi connectivity index (χ1) is 14.3. The lowest BCUT2D eigenvalue weighted by molar-refractivity contribution is 0.0730. The highest BCUT2D eigenvalue weighted by Crippen LogP contribution is 2.26. The molecule has 0 heterocycles. The van der Waals surface area contributed by atoms with Crippen molar-refractivity contribution in [3.05, 3.63) is 101 Å². The second-order valence-electron chi connectivity index (χ2n) is 7.03. The third-order valence-electron chi connectivity index (χ3n) is 4.76. The Balaban J connectivity index is 1.97. The highest BCUT2D eigenvalue weighted by molar-refractivity contribution is 7.92. The summed E-state index contributed by atoms with van der Waals surface area (Å²) in [6, 6.07) is 24.0. The van der Waals surface area contributed by atoms with Gasteiger partial charge in [0.25, 0.3) is 5.91 Å². The van der Waals surface area contributed by atoms with Gasteiger partial charge in [-0.2, -0.15) is 0 Å². The number of nitrogens with zero attached hydrogens (tertiary/aromatic N) is 2. The van der Waals surface area contributed by atoms with Crippen molar-refractivity contribution in [3.63, 3.8) is 0 Å². The van der Waals surface area contributed by atoms with E-state index in [9.17, 15) is 13.2 Å². The minimum Gasteiger partial charge on any atom is -0.330 e. The molecule has 30 heavy (non-hydrogen) atoms. The number of halogens is 1. The molecule has 7 heteroatoms. The molecule has 3 aromatic carbocycles. The van der Waals surface area contributed by atoms with E-state index in [0.29, 0.717) is 18.8 Å². The van der Waals surface area contributed by atoms with E-state index in [1.165, 1.54) is 13.1 Å². The molecule has 0 saturated heterocycles. The number of hydrogen-bond acceptors (Lipinski definition) is 3. The van der Waals surface area contributed by atoms with Crippen LogP contribution in [0.25, 0.3) is 0 Å². The number of carbonyl (C=O) groups is 1. The normalized spacial score (nSPS) is 11.2. The number of amides is 1. The van der Waals surface area contributed by atoms with E-state index in [0.717, 1.165) is 21.7 Å². The van der Waals surface area contributed by atoms with Crippen LogP contribution in [0.3, 0.4) is 0 Å². The van der Waals surface area contributed by atoms with Gasteiger partial charge in [-0.1, -0.05) is 72.3 Å².